The lowest BCUT2D eigenvalue weighted by atomic mass is 10.2. The number of carbonyl (C=O) groups excluding carboxylic acids is 1. The zero-order chi connectivity index (χ0) is 20.0. The fourth-order valence-corrected chi connectivity index (χ4v) is 2.47. The van der Waals surface area contributed by atoms with Crippen molar-refractivity contribution >= 4 is 41.0 Å². The van der Waals surface area contributed by atoms with E-state index < -0.39 is 23.1 Å². The van der Waals surface area contributed by atoms with Crippen LogP contribution in [0.1, 0.15) is 5.56 Å². The van der Waals surface area contributed by atoms with Gasteiger partial charge < -0.3 is 14.6 Å². The number of phenolic OH excluding ortho intramolecular Hbond substituents is 1. The third-order valence-corrected chi connectivity index (χ3v) is 3.66. The molecule has 0 saturated carbocycles. The Morgan fingerprint density at radius 1 is 1.37 bits per heavy atom. The lowest BCUT2D eigenvalue weighted by molar-refractivity contribution is -0.385. The minimum absolute atomic E-state index is 0.0613. The van der Waals surface area contributed by atoms with Crippen LogP contribution in [0.25, 0.3) is 0 Å². The van der Waals surface area contributed by atoms with Crippen LogP contribution in [0.2, 0.25) is 10.0 Å². The predicted octanol–water partition coefficient (Wildman–Crippen LogP) is 3.14. The second-order valence-electron chi connectivity index (χ2n) is 5.00. The van der Waals surface area contributed by atoms with Crippen LogP contribution in [0.3, 0.4) is 0 Å². The van der Waals surface area contributed by atoms with E-state index in [4.69, 9.17) is 32.7 Å². The van der Waals surface area contributed by atoms with Crippen molar-refractivity contribution < 1.29 is 24.3 Å². The molecule has 1 amide bonds. The van der Waals surface area contributed by atoms with E-state index in [0.29, 0.717) is 11.3 Å². The van der Waals surface area contributed by atoms with Crippen molar-refractivity contribution in [1.29, 1.82) is 0 Å². The molecule has 0 saturated heterocycles. The number of amides is 1. The van der Waals surface area contributed by atoms with Crippen LogP contribution in [0.5, 0.6) is 17.2 Å². The van der Waals surface area contributed by atoms with Gasteiger partial charge in [-0.15, -0.1) is 0 Å². The third kappa shape index (κ3) is 5.47. The number of hydrogen-bond acceptors (Lipinski definition) is 7. The number of phenols is 1. The SMILES string of the molecule is COc1ccc(O)c(/C=N/NC(=O)COc2c(Cl)cc(Cl)cc2[N+](=O)[O-])c1. The van der Waals surface area contributed by atoms with Gasteiger partial charge in [-0.3, -0.25) is 14.9 Å². The highest BCUT2D eigenvalue weighted by atomic mass is 35.5. The summed E-state index contributed by atoms with van der Waals surface area (Å²) in [5.74, 6) is -0.549. The molecule has 27 heavy (non-hydrogen) atoms. The Bertz CT molecular complexity index is 904. The topological polar surface area (TPSA) is 123 Å². The van der Waals surface area contributed by atoms with Gasteiger partial charge in [0.2, 0.25) is 5.75 Å². The molecule has 0 fully saturated rings. The molecule has 0 radical (unpaired) electrons. The van der Waals surface area contributed by atoms with Crippen molar-refractivity contribution in [2.45, 2.75) is 0 Å². The Balaban J connectivity index is 2.01. The quantitative estimate of drug-likeness (QED) is 0.408. The minimum Gasteiger partial charge on any atom is -0.507 e. The molecule has 2 N–H and O–H groups in total. The van der Waals surface area contributed by atoms with Crippen molar-refractivity contribution in [1.82, 2.24) is 5.43 Å². The first-order chi connectivity index (χ1) is 12.8. The molecule has 2 aromatic rings. The van der Waals surface area contributed by atoms with Crippen molar-refractivity contribution in [3.8, 4) is 17.2 Å². The van der Waals surface area contributed by atoms with Gasteiger partial charge in [0, 0.05) is 16.7 Å². The molecule has 0 aliphatic heterocycles. The van der Waals surface area contributed by atoms with Gasteiger partial charge in [0.1, 0.15) is 11.5 Å². The van der Waals surface area contributed by atoms with Crippen molar-refractivity contribution in [2.24, 2.45) is 5.10 Å². The molecule has 0 unspecified atom stereocenters. The highest BCUT2D eigenvalue weighted by Crippen LogP contribution is 2.37. The van der Waals surface area contributed by atoms with Crippen LogP contribution in [0.15, 0.2) is 35.4 Å². The molecule has 9 nitrogen and oxygen atoms in total. The average Bonchev–Trinajstić information content (AvgIpc) is 2.61. The average molecular weight is 414 g/mol. The molecule has 142 valence electrons. The van der Waals surface area contributed by atoms with Crippen molar-refractivity contribution in [3.05, 3.63) is 56.1 Å². The summed E-state index contributed by atoms with van der Waals surface area (Å²) >= 11 is 11.6. The maximum absolute atomic E-state index is 11.8. The van der Waals surface area contributed by atoms with Crippen LogP contribution in [-0.4, -0.2) is 35.9 Å². The van der Waals surface area contributed by atoms with E-state index in [1.165, 1.54) is 31.5 Å². The zero-order valence-electron chi connectivity index (χ0n) is 13.8. The third-order valence-electron chi connectivity index (χ3n) is 3.16. The van der Waals surface area contributed by atoms with Gasteiger partial charge in [0.15, 0.2) is 6.61 Å². The van der Waals surface area contributed by atoms with Gasteiger partial charge in [-0.05, 0) is 24.3 Å². The Labute approximate surface area is 163 Å². The fraction of sp³-hybridized carbons (Fsp3) is 0.125. The highest BCUT2D eigenvalue weighted by Gasteiger charge is 2.21. The van der Waals surface area contributed by atoms with Gasteiger partial charge in [0.05, 0.1) is 23.3 Å². The van der Waals surface area contributed by atoms with E-state index in [2.05, 4.69) is 10.5 Å². The monoisotopic (exact) mass is 413 g/mol. The Hall–Kier alpha value is -3.04. The summed E-state index contributed by atoms with van der Waals surface area (Å²) in [4.78, 5) is 22.1. The standard InChI is InChI=1S/C16H13Cl2N3O6/c1-26-11-2-3-14(22)9(4-11)7-19-20-15(23)8-27-16-12(18)5-10(17)6-13(16)21(24)25/h2-7,22H,8H2,1H3,(H,20,23)/b19-7+. The number of nitro benzene ring substituents is 1. The summed E-state index contributed by atoms with van der Waals surface area (Å²) in [5.41, 5.74) is 2.00. The molecule has 0 aliphatic carbocycles. The minimum atomic E-state index is -0.727. The molecule has 0 heterocycles. The van der Waals surface area contributed by atoms with Gasteiger partial charge in [-0.2, -0.15) is 5.10 Å². The molecule has 0 aliphatic rings. The Kier molecular flexibility index (Phi) is 6.80. The highest BCUT2D eigenvalue weighted by molar-refractivity contribution is 6.36. The number of carbonyl (C=O) groups is 1. The lowest BCUT2D eigenvalue weighted by Gasteiger charge is -2.08. The molecule has 0 spiro atoms. The number of methoxy groups -OCH3 is 1. The number of halogens is 2. The maximum atomic E-state index is 11.8. The van der Waals surface area contributed by atoms with Gasteiger partial charge in [-0.25, -0.2) is 5.43 Å². The molecule has 0 aromatic heterocycles. The van der Waals surface area contributed by atoms with Gasteiger partial charge in [0.25, 0.3) is 5.91 Å². The number of hydrazone groups is 1. The summed E-state index contributed by atoms with van der Waals surface area (Å²) in [7, 11) is 1.47. The summed E-state index contributed by atoms with van der Waals surface area (Å²) in [6.07, 6.45) is 1.20. The normalized spacial score (nSPS) is 10.6. The number of nitrogens with one attached hydrogen (secondary N) is 1. The number of nitrogens with zero attached hydrogens (tertiary/aromatic N) is 2. The maximum Gasteiger partial charge on any atom is 0.314 e. The van der Waals surface area contributed by atoms with E-state index in [1.807, 2.05) is 0 Å². The van der Waals surface area contributed by atoms with Gasteiger partial charge in [-0.1, -0.05) is 23.2 Å². The predicted molar refractivity (Wildman–Crippen MR) is 99.0 cm³/mol. The van der Waals surface area contributed by atoms with E-state index in [9.17, 15) is 20.0 Å². The number of benzene rings is 2. The molecular weight excluding hydrogens is 401 g/mol. The first-order valence-electron chi connectivity index (χ1n) is 7.27. The summed E-state index contributed by atoms with van der Waals surface area (Å²) < 4.78 is 10.1. The van der Waals surface area contributed by atoms with Crippen LogP contribution in [0.4, 0.5) is 5.69 Å². The smallest absolute Gasteiger partial charge is 0.314 e. The molecular formula is C16H13Cl2N3O6. The fourth-order valence-electron chi connectivity index (χ4n) is 1.93. The Morgan fingerprint density at radius 3 is 2.78 bits per heavy atom. The number of rotatable bonds is 7. The summed E-state index contributed by atoms with van der Waals surface area (Å²) in [6.45, 7) is -0.580. The molecule has 0 bridgehead atoms. The second kappa shape index (κ2) is 9.06. The second-order valence-corrected chi connectivity index (χ2v) is 5.84. The summed E-state index contributed by atoms with van der Waals surface area (Å²) in [6, 6.07) is 6.80. The number of hydrogen-bond donors (Lipinski definition) is 2. The number of aromatic hydroxyl groups is 1. The van der Waals surface area contributed by atoms with Crippen LogP contribution in [0, 0.1) is 10.1 Å². The van der Waals surface area contributed by atoms with Crippen molar-refractivity contribution in [3.63, 3.8) is 0 Å². The lowest BCUT2D eigenvalue weighted by Crippen LogP contribution is -2.24. The van der Waals surface area contributed by atoms with Crippen LogP contribution in [-0.2, 0) is 4.79 Å². The largest absolute Gasteiger partial charge is 0.507 e. The summed E-state index contributed by atoms with van der Waals surface area (Å²) in [5, 5.41) is 24.4. The van der Waals surface area contributed by atoms with Crippen LogP contribution >= 0.6 is 23.2 Å². The van der Waals surface area contributed by atoms with E-state index in [1.54, 1.807) is 6.07 Å². The number of nitro groups is 1. The van der Waals surface area contributed by atoms with E-state index >= 15 is 0 Å². The first kappa shape index (κ1) is 20.3. The Morgan fingerprint density at radius 2 is 2.11 bits per heavy atom. The molecule has 0 atom stereocenters. The van der Waals surface area contributed by atoms with Crippen molar-refractivity contribution in [2.75, 3.05) is 13.7 Å². The zero-order valence-corrected chi connectivity index (χ0v) is 15.3. The molecule has 11 heteroatoms. The van der Waals surface area contributed by atoms with E-state index in [0.717, 1.165) is 6.07 Å². The van der Waals surface area contributed by atoms with E-state index in [-0.39, 0.29) is 21.5 Å². The molecule has 2 rings (SSSR count). The van der Waals surface area contributed by atoms with Gasteiger partial charge >= 0.3 is 5.69 Å². The number of ether oxygens (including phenoxy) is 2. The molecule has 2 aromatic carbocycles. The van der Waals surface area contributed by atoms with Crippen LogP contribution < -0.4 is 14.9 Å². The first-order valence-corrected chi connectivity index (χ1v) is 8.02.